The van der Waals surface area contributed by atoms with Crippen LogP contribution in [0.5, 0.6) is 0 Å². The second-order valence-electron chi connectivity index (χ2n) is 4.50. The van der Waals surface area contributed by atoms with E-state index in [0.29, 0.717) is 6.42 Å². The molecular weight excluding hydrogens is 212 g/mol. The SMILES string of the molecule is O=C1CCCc2occ(Cc3ccccc3)c21. The minimum Gasteiger partial charge on any atom is -0.468 e. The van der Waals surface area contributed by atoms with Gasteiger partial charge in [-0.3, -0.25) is 4.79 Å². The van der Waals surface area contributed by atoms with Crippen molar-refractivity contribution in [1.29, 1.82) is 0 Å². The summed E-state index contributed by atoms with van der Waals surface area (Å²) in [5.41, 5.74) is 3.10. The number of fused-ring (bicyclic) bond motifs is 1. The molecule has 0 spiro atoms. The van der Waals surface area contributed by atoms with E-state index in [9.17, 15) is 4.79 Å². The molecule has 2 aromatic rings. The van der Waals surface area contributed by atoms with Crippen LogP contribution < -0.4 is 0 Å². The van der Waals surface area contributed by atoms with E-state index < -0.39 is 0 Å². The van der Waals surface area contributed by atoms with Gasteiger partial charge in [-0.1, -0.05) is 30.3 Å². The standard InChI is InChI=1S/C15H14O2/c16-13-7-4-8-14-15(13)12(10-17-14)9-11-5-2-1-3-6-11/h1-3,5-6,10H,4,7-9H2. The molecule has 1 aliphatic carbocycles. The molecule has 3 rings (SSSR count). The molecule has 1 aliphatic rings. The molecule has 0 N–H and O–H groups in total. The minimum absolute atomic E-state index is 0.242. The molecule has 1 aromatic heterocycles. The van der Waals surface area contributed by atoms with Crippen molar-refractivity contribution in [2.75, 3.05) is 0 Å². The fourth-order valence-electron chi connectivity index (χ4n) is 2.44. The Kier molecular flexibility index (Phi) is 2.56. The van der Waals surface area contributed by atoms with Gasteiger partial charge < -0.3 is 4.42 Å². The summed E-state index contributed by atoms with van der Waals surface area (Å²) in [6.07, 6.45) is 5.01. The van der Waals surface area contributed by atoms with E-state index in [0.717, 1.165) is 36.1 Å². The highest BCUT2D eigenvalue weighted by Gasteiger charge is 2.24. The first-order valence-corrected chi connectivity index (χ1v) is 6.01. The van der Waals surface area contributed by atoms with E-state index >= 15 is 0 Å². The first kappa shape index (κ1) is 10.3. The van der Waals surface area contributed by atoms with Gasteiger partial charge in [-0.05, 0) is 12.0 Å². The van der Waals surface area contributed by atoms with Crippen LogP contribution >= 0.6 is 0 Å². The minimum atomic E-state index is 0.242. The zero-order chi connectivity index (χ0) is 11.7. The highest BCUT2D eigenvalue weighted by Crippen LogP contribution is 2.27. The van der Waals surface area contributed by atoms with Gasteiger partial charge >= 0.3 is 0 Å². The van der Waals surface area contributed by atoms with Gasteiger partial charge in [0.25, 0.3) is 0 Å². The van der Waals surface area contributed by atoms with E-state index in [2.05, 4.69) is 12.1 Å². The second kappa shape index (κ2) is 4.21. The van der Waals surface area contributed by atoms with E-state index in [1.54, 1.807) is 6.26 Å². The quantitative estimate of drug-likeness (QED) is 0.785. The Hall–Kier alpha value is -1.83. The Balaban J connectivity index is 1.94. The number of ketones is 1. The Morgan fingerprint density at radius 2 is 1.94 bits per heavy atom. The summed E-state index contributed by atoms with van der Waals surface area (Å²) in [6, 6.07) is 10.2. The molecule has 0 unspecified atom stereocenters. The maximum atomic E-state index is 11.9. The van der Waals surface area contributed by atoms with Crippen molar-refractivity contribution in [2.45, 2.75) is 25.7 Å². The number of Topliss-reactive ketones (excluding diaryl/α,β-unsaturated/α-hetero) is 1. The smallest absolute Gasteiger partial charge is 0.166 e. The van der Waals surface area contributed by atoms with Crippen molar-refractivity contribution < 1.29 is 9.21 Å². The van der Waals surface area contributed by atoms with Crippen LogP contribution in [0.2, 0.25) is 0 Å². The van der Waals surface area contributed by atoms with E-state index in [4.69, 9.17) is 4.42 Å². The number of benzene rings is 1. The zero-order valence-corrected chi connectivity index (χ0v) is 9.61. The number of carbonyl (C=O) groups excluding carboxylic acids is 1. The summed E-state index contributed by atoms with van der Waals surface area (Å²) >= 11 is 0. The summed E-state index contributed by atoms with van der Waals surface area (Å²) in [6.45, 7) is 0. The van der Waals surface area contributed by atoms with Gasteiger partial charge in [0.05, 0.1) is 11.8 Å². The van der Waals surface area contributed by atoms with E-state index in [-0.39, 0.29) is 5.78 Å². The van der Waals surface area contributed by atoms with Crippen LogP contribution in [0.25, 0.3) is 0 Å². The van der Waals surface area contributed by atoms with Crippen LogP contribution in [0.1, 0.15) is 40.1 Å². The Labute approximate surface area is 100 Å². The monoisotopic (exact) mass is 226 g/mol. The number of hydrogen-bond acceptors (Lipinski definition) is 2. The molecule has 0 aliphatic heterocycles. The number of hydrogen-bond donors (Lipinski definition) is 0. The highest BCUT2D eigenvalue weighted by atomic mass is 16.3. The van der Waals surface area contributed by atoms with Gasteiger partial charge in [-0.25, -0.2) is 0 Å². The molecule has 1 heterocycles. The lowest BCUT2D eigenvalue weighted by Gasteiger charge is -2.10. The van der Waals surface area contributed by atoms with Gasteiger partial charge in [-0.2, -0.15) is 0 Å². The van der Waals surface area contributed by atoms with Crippen molar-refractivity contribution in [2.24, 2.45) is 0 Å². The molecule has 2 nitrogen and oxygen atoms in total. The lowest BCUT2D eigenvalue weighted by atomic mass is 9.92. The van der Waals surface area contributed by atoms with Crippen LogP contribution in [-0.2, 0) is 12.8 Å². The van der Waals surface area contributed by atoms with Crippen LogP contribution in [-0.4, -0.2) is 5.78 Å². The normalized spacial score (nSPS) is 14.7. The topological polar surface area (TPSA) is 30.2 Å². The molecule has 0 bridgehead atoms. The zero-order valence-electron chi connectivity index (χ0n) is 9.61. The molecule has 1 aromatic carbocycles. The summed E-state index contributed by atoms with van der Waals surface area (Å²) in [4.78, 5) is 11.9. The van der Waals surface area contributed by atoms with Gasteiger partial charge in [0.15, 0.2) is 5.78 Å². The number of furan rings is 1. The number of aryl methyl sites for hydroxylation is 1. The van der Waals surface area contributed by atoms with Crippen molar-refractivity contribution in [3.8, 4) is 0 Å². The molecule has 0 atom stereocenters. The van der Waals surface area contributed by atoms with Crippen molar-refractivity contribution in [3.63, 3.8) is 0 Å². The van der Waals surface area contributed by atoms with E-state index in [1.807, 2.05) is 18.2 Å². The van der Waals surface area contributed by atoms with Gasteiger partial charge in [0.1, 0.15) is 5.76 Å². The molecule has 2 heteroatoms. The lowest BCUT2D eigenvalue weighted by Crippen LogP contribution is -2.10. The molecule has 0 amide bonds. The third-order valence-corrected chi connectivity index (χ3v) is 3.27. The average Bonchev–Trinajstić information content (AvgIpc) is 2.75. The maximum Gasteiger partial charge on any atom is 0.166 e. The van der Waals surface area contributed by atoms with Gasteiger partial charge in [0.2, 0.25) is 0 Å². The van der Waals surface area contributed by atoms with Crippen LogP contribution in [0, 0.1) is 0 Å². The first-order valence-electron chi connectivity index (χ1n) is 6.01. The largest absolute Gasteiger partial charge is 0.468 e. The second-order valence-corrected chi connectivity index (χ2v) is 4.50. The molecular formula is C15H14O2. The molecule has 0 saturated heterocycles. The Morgan fingerprint density at radius 1 is 1.12 bits per heavy atom. The molecule has 0 radical (unpaired) electrons. The third kappa shape index (κ3) is 1.91. The summed E-state index contributed by atoms with van der Waals surface area (Å²) < 4.78 is 5.51. The van der Waals surface area contributed by atoms with Gasteiger partial charge in [0, 0.05) is 24.8 Å². The maximum absolute atomic E-state index is 11.9. The highest BCUT2D eigenvalue weighted by molar-refractivity contribution is 5.99. The van der Waals surface area contributed by atoms with Crippen LogP contribution in [0.3, 0.4) is 0 Å². The van der Waals surface area contributed by atoms with Crippen LogP contribution in [0.15, 0.2) is 41.0 Å². The van der Waals surface area contributed by atoms with Gasteiger partial charge in [-0.15, -0.1) is 0 Å². The predicted octanol–water partition coefficient (Wildman–Crippen LogP) is 3.39. The first-order chi connectivity index (χ1) is 8.34. The molecule has 17 heavy (non-hydrogen) atoms. The van der Waals surface area contributed by atoms with Crippen molar-refractivity contribution >= 4 is 5.78 Å². The lowest BCUT2D eigenvalue weighted by molar-refractivity contribution is 0.0969. The fraction of sp³-hybridized carbons (Fsp3) is 0.267. The molecule has 0 fully saturated rings. The summed E-state index contributed by atoms with van der Waals surface area (Å²) in [5, 5.41) is 0. The number of carbonyl (C=O) groups is 1. The summed E-state index contributed by atoms with van der Waals surface area (Å²) in [5.74, 6) is 1.12. The van der Waals surface area contributed by atoms with Crippen LogP contribution in [0.4, 0.5) is 0 Å². The summed E-state index contributed by atoms with van der Waals surface area (Å²) in [7, 11) is 0. The Bertz CT molecular complexity index is 537. The van der Waals surface area contributed by atoms with Crippen molar-refractivity contribution in [1.82, 2.24) is 0 Å². The predicted molar refractivity (Wildman–Crippen MR) is 65.2 cm³/mol. The Morgan fingerprint density at radius 3 is 2.76 bits per heavy atom. The van der Waals surface area contributed by atoms with Crippen molar-refractivity contribution in [3.05, 3.63) is 59.0 Å². The fourth-order valence-corrected chi connectivity index (χ4v) is 2.44. The third-order valence-electron chi connectivity index (χ3n) is 3.27. The average molecular weight is 226 g/mol. The molecule has 0 saturated carbocycles. The molecule has 86 valence electrons. The van der Waals surface area contributed by atoms with E-state index in [1.165, 1.54) is 5.56 Å². The number of rotatable bonds is 2.